The highest BCUT2D eigenvalue weighted by Gasteiger charge is 2.58. The van der Waals surface area contributed by atoms with Crippen LogP contribution in [0.5, 0.6) is 0 Å². The van der Waals surface area contributed by atoms with Crippen molar-refractivity contribution in [2.45, 2.75) is 82.3 Å². The first-order valence-corrected chi connectivity index (χ1v) is 21.2. The first-order valence-electron chi connectivity index (χ1n) is 21.2. The maximum Gasteiger partial charge on any atom is 0.410 e. The van der Waals surface area contributed by atoms with E-state index in [1.54, 1.807) is 14.1 Å². The van der Waals surface area contributed by atoms with Crippen molar-refractivity contribution in [3.05, 3.63) is 108 Å². The highest BCUT2D eigenvalue weighted by molar-refractivity contribution is 5.88. The average Bonchev–Trinajstić information content (AvgIpc) is 4.11. The van der Waals surface area contributed by atoms with E-state index < -0.39 is 24.3 Å². The molecular weight excluding hydrogens is 773 g/mol. The van der Waals surface area contributed by atoms with Crippen LogP contribution in [-0.2, 0) is 19.1 Å². The van der Waals surface area contributed by atoms with Gasteiger partial charge in [-0.1, -0.05) is 92.7 Å². The molecule has 0 spiro atoms. The second-order valence-corrected chi connectivity index (χ2v) is 17.4. The number of carbonyl (C=O) groups excluding carboxylic acids is 4. The van der Waals surface area contributed by atoms with Crippen molar-refractivity contribution >= 4 is 24.0 Å². The number of piperidine rings is 2. The van der Waals surface area contributed by atoms with Crippen molar-refractivity contribution < 1.29 is 28.7 Å². The Morgan fingerprint density at radius 1 is 0.738 bits per heavy atom. The third-order valence-corrected chi connectivity index (χ3v) is 13.2. The molecule has 9 rings (SSSR count). The fourth-order valence-corrected chi connectivity index (χ4v) is 9.87. The number of rotatable bonds is 11. The van der Waals surface area contributed by atoms with Crippen molar-refractivity contribution in [2.24, 2.45) is 17.8 Å². The maximum absolute atomic E-state index is 14.4. The molecular formula is C47H52N8O6. The summed E-state index contributed by atoms with van der Waals surface area (Å²) in [6.45, 7) is 3.83. The third kappa shape index (κ3) is 7.31. The van der Waals surface area contributed by atoms with Crippen molar-refractivity contribution in [1.82, 2.24) is 40.0 Å². The quantitative estimate of drug-likeness (QED) is 0.122. The number of H-pyrrole nitrogens is 2. The molecule has 4 heterocycles. The van der Waals surface area contributed by atoms with Gasteiger partial charge in [0.05, 0.1) is 43.0 Å². The lowest BCUT2D eigenvalue weighted by Crippen LogP contribution is -2.69. The molecule has 14 heteroatoms. The Balaban J connectivity index is 0.881. The van der Waals surface area contributed by atoms with E-state index in [2.05, 4.69) is 63.8 Å². The molecule has 4 fully saturated rings. The van der Waals surface area contributed by atoms with Crippen LogP contribution in [0.25, 0.3) is 33.6 Å². The Morgan fingerprint density at radius 3 is 1.87 bits per heavy atom. The summed E-state index contributed by atoms with van der Waals surface area (Å²) in [7, 11) is 4.52. The number of benzene rings is 3. The number of ether oxygens (including phenoxy) is 2. The zero-order valence-electron chi connectivity index (χ0n) is 35.1. The summed E-state index contributed by atoms with van der Waals surface area (Å²) in [6, 6.07) is 25.0. The molecule has 2 aromatic heterocycles. The molecule has 14 nitrogen and oxygen atoms in total. The van der Waals surface area contributed by atoms with Crippen LogP contribution in [0.1, 0.15) is 81.4 Å². The van der Waals surface area contributed by atoms with E-state index in [-0.39, 0.29) is 47.8 Å². The Bertz CT molecular complexity index is 2410. The minimum Gasteiger partial charge on any atom is -0.453 e. The molecule has 8 atom stereocenters. The normalized spacial score (nSPS) is 23.4. The first-order chi connectivity index (χ1) is 29.5. The van der Waals surface area contributed by atoms with Gasteiger partial charge in [0.15, 0.2) is 0 Å². The predicted octanol–water partition coefficient (Wildman–Crippen LogP) is 7.67. The topological polar surface area (TPSA) is 166 Å². The minimum absolute atomic E-state index is 0.0565. The Hall–Kier alpha value is -6.44. The number of nitrogens with zero attached hydrogens (tertiary/aromatic N) is 5. The number of hydrogen-bond acceptors (Lipinski definition) is 8. The molecule has 3 N–H and O–H groups in total. The third-order valence-electron chi connectivity index (χ3n) is 13.2. The number of methoxy groups -OCH3 is 1. The zero-order valence-corrected chi connectivity index (χ0v) is 35.1. The van der Waals surface area contributed by atoms with Gasteiger partial charge in [-0.25, -0.2) is 19.6 Å². The van der Waals surface area contributed by atoms with Crippen LogP contribution < -0.4 is 5.32 Å². The van der Waals surface area contributed by atoms with Gasteiger partial charge in [-0.3, -0.25) is 9.59 Å². The maximum atomic E-state index is 14.4. The molecule has 5 aromatic rings. The number of likely N-dealkylation sites (tertiary alicyclic amines) is 2. The highest BCUT2D eigenvalue weighted by atomic mass is 16.6. The Morgan fingerprint density at radius 2 is 1.33 bits per heavy atom. The van der Waals surface area contributed by atoms with E-state index in [0.29, 0.717) is 11.5 Å². The highest BCUT2D eigenvalue weighted by Crippen LogP contribution is 2.55. The molecule has 316 valence electrons. The minimum atomic E-state index is -1.06. The van der Waals surface area contributed by atoms with E-state index in [0.717, 1.165) is 77.4 Å². The second-order valence-electron chi connectivity index (χ2n) is 17.4. The van der Waals surface area contributed by atoms with E-state index >= 15 is 0 Å². The summed E-state index contributed by atoms with van der Waals surface area (Å²) in [5, 5.41) is 2.73. The number of carbonyl (C=O) groups is 4. The van der Waals surface area contributed by atoms with Crippen LogP contribution in [0.15, 0.2) is 91.3 Å². The van der Waals surface area contributed by atoms with Crippen LogP contribution in [0.2, 0.25) is 0 Å². The molecule has 3 aromatic carbocycles. The molecule has 2 bridgehead atoms. The number of hydrogen-bond donors (Lipinski definition) is 3. The number of nitrogens with one attached hydrogen (secondary N) is 3. The van der Waals surface area contributed by atoms with Gasteiger partial charge in [0.25, 0.3) is 5.91 Å². The van der Waals surface area contributed by atoms with Crippen LogP contribution in [0, 0.1) is 17.8 Å². The van der Waals surface area contributed by atoms with Gasteiger partial charge in [-0.15, -0.1) is 0 Å². The molecule has 4 amide bonds. The molecule has 0 radical (unpaired) electrons. The van der Waals surface area contributed by atoms with Gasteiger partial charge in [0, 0.05) is 37.7 Å². The van der Waals surface area contributed by atoms with Gasteiger partial charge < -0.3 is 39.5 Å². The number of aromatic amines is 2. The van der Waals surface area contributed by atoms with Crippen molar-refractivity contribution in [3.63, 3.8) is 0 Å². The average molecular weight is 825 g/mol. The van der Waals surface area contributed by atoms with Gasteiger partial charge >= 0.3 is 12.2 Å². The number of imidazole rings is 2. The molecule has 2 saturated carbocycles. The van der Waals surface area contributed by atoms with Crippen LogP contribution in [0.3, 0.4) is 0 Å². The molecule has 2 saturated heterocycles. The van der Waals surface area contributed by atoms with E-state index in [9.17, 15) is 19.2 Å². The fourth-order valence-electron chi connectivity index (χ4n) is 9.87. The van der Waals surface area contributed by atoms with Crippen molar-refractivity contribution in [2.75, 3.05) is 21.2 Å². The van der Waals surface area contributed by atoms with Gasteiger partial charge in [0.1, 0.15) is 17.7 Å². The summed E-state index contributed by atoms with van der Waals surface area (Å²) in [4.78, 5) is 74.6. The number of alkyl carbamates (subject to hydrolysis) is 1. The molecule has 61 heavy (non-hydrogen) atoms. The van der Waals surface area contributed by atoms with Gasteiger partial charge in [-0.05, 0) is 66.2 Å². The van der Waals surface area contributed by atoms with Crippen LogP contribution >= 0.6 is 0 Å². The summed E-state index contributed by atoms with van der Waals surface area (Å²) in [5.74, 6) is 1.68. The standard InChI is InChI=1S/C47H52N8O6/c1-26(2)38(52-46(58)60-5)44(56)55-37-22-21-34(37)40(55)43-49-25-36(51-43)30-17-13-28(14-18-30)27-11-15-29(16-12-27)35-24-48-42(50-35)39-32-19-20-33(23-32)54(39)45(57)41(61-47(59)53(3)4)31-9-7-6-8-10-31/h6-18,24-26,32-34,37-41H,19-23H2,1-5H3,(H,48,50)(H,49,51)(H,52,58). The van der Waals surface area contributed by atoms with E-state index in [4.69, 9.17) is 19.4 Å². The fraction of sp³-hybridized carbons (Fsp3) is 0.404. The SMILES string of the molecule is COC(=O)NC(C(=O)N1C2CCC2C1c1ncc(-c2ccc(-c3ccc(-c4cnc(C5C6CCC(C6)N5C(=O)C(OC(=O)N(C)C)c5ccccc5)[nH]4)cc3)cc2)[nH]1)C(C)C. The lowest BCUT2D eigenvalue weighted by molar-refractivity contribution is -0.174. The van der Waals surface area contributed by atoms with Crippen molar-refractivity contribution in [1.29, 1.82) is 0 Å². The lowest BCUT2D eigenvalue weighted by atomic mass is 9.64. The number of amides is 4. The first kappa shape index (κ1) is 40.0. The monoisotopic (exact) mass is 824 g/mol. The van der Waals surface area contributed by atoms with Gasteiger partial charge in [0.2, 0.25) is 12.0 Å². The second kappa shape index (κ2) is 16.2. The molecule has 4 aliphatic rings. The molecule has 2 aliphatic heterocycles. The van der Waals surface area contributed by atoms with E-state index in [1.165, 1.54) is 12.0 Å². The van der Waals surface area contributed by atoms with Crippen molar-refractivity contribution in [3.8, 4) is 33.6 Å². The van der Waals surface area contributed by atoms with Crippen LogP contribution in [0.4, 0.5) is 9.59 Å². The van der Waals surface area contributed by atoms with Gasteiger partial charge in [-0.2, -0.15) is 0 Å². The lowest BCUT2D eigenvalue weighted by Gasteiger charge is -2.61. The Labute approximate surface area is 355 Å². The summed E-state index contributed by atoms with van der Waals surface area (Å²) >= 11 is 0. The summed E-state index contributed by atoms with van der Waals surface area (Å²) in [5.41, 5.74) is 6.45. The summed E-state index contributed by atoms with van der Waals surface area (Å²) < 4.78 is 10.6. The smallest absolute Gasteiger partial charge is 0.410 e. The largest absolute Gasteiger partial charge is 0.453 e. The molecule has 2 aliphatic carbocycles. The zero-order chi connectivity index (χ0) is 42.5. The predicted molar refractivity (Wildman–Crippen MR) is 227 cm³/mol. The number of aromatic nitrogens is 4. The summed E-state index contributed by atoms with van der Waals surface area (Å²) in [6.07, 6.45) is 6.22. The van der Waals surface area contributed by atoms with Crippen LogP contribution in [-0.4, -0.2) is 98.0 Å². The number of fused-ring (bicyclic) bond motifs is 3. The Kier molecular flexibility index (Phi) is 10.6. The van der Waals surface area contributed by atoms with E-state index in [1.807, 2.05) is 66.4 Å². The molecule has 8 unspecified atom stereocenters.